The third-order valence-electron chi connectivity index (χ3n) is 1.91. The molecule has 0 atom stereocenters. The molecule has 2 N–H and O–H groups in total. The average Bonchev–Trinajstić information content (AvgIpc) is 2.28. The second-order valence-electron chi connectivity index (χ2n) is 3.13. The molecule has 1 aromatic rings. The molecule has 0 aliphatic rings. The lowest BCUT2D eigenvalue weighted by molar-refractivity contribution is 0.588. The van der Waals surface area contributed by atoms with E-state index in [-0.39, 0.29) is 17.5 Å². The highest BCUT2D eigenvalue weighted by Gasteiger charge is 2.06. The zero-order valence-electron chi connectivity index (χ0n) is 9.07. The normalized spacial score (nSPS) is 10.9. The van der Waals surface area contributed by atoms with Gasteiger partial charge in [0.25, 0.3) is 0 Å². The van der Waals surface area contributed by atoms with Crippen LogP contribution in [0.25, 0.3) is 0 Å². The van der Waals surface area contributed by atoms with Gasteiger partial charge < -0.3 is 5.32 Å². The van der Waals surface area contributed by atoms with Crippen LogP contribution in [0.2, 0.25) is 5.15 Å². The van der Waals surface area contributed by atoms with Gasteiger partial charge in [-0.1, -0.05) is 11.6 Å². The highest BCUT2D eigenvalue weighted by Crippen LogP contribution is 2.13. The number of nitrogens with one attached hydrogen (secondary N) is 2. The standard InChI is InChI=1S/C9H11ClN4O2S/c1-12-17(15,16)3-2-13-9-5-7(6-11)4-8(10)14-9/h4-5,12H,2-3H2,1H3,(H,13,14). The maximum atomic E-state index is 11.1. The summed E-state index contributed by atoms with van der Waals surface area (Å²) < 4.78 is 24.5. The minimum atomic E-state index is -3.25. The number of hydrogen-bond acceptors (Lipinski definition) is 5. The molecule has 0 radical (unpaired) electrons. The molecular weight excluding hydrogens is 264 g/mol. The summed E-state index contributed by atoms with van der Waals surface area (Å²) in [7, 11) is -1.91. The topological polar surface area (TPSA) is 94.9 Å². The Hall–Kier alpha value is -1.36. The van der Waals surface area contributed by atoms with E-state index in [1.165, 1.54) is 19.2 Å². The fourth-order valence-corrected chi connectivity index (χ4v) is 1.85. The van der Waals surface area contributed by atoms with Crippen LogP contribution in [0, 0.1) is 11.3 Å². The molecule has 0 fully saturated rings. The SMILES string of the molecule is CNS(=O)(=O)CCNc1cc(C#N)cc(Cl)n1. The van der Waals surface area contributed by atoms with E-state index in [2.05, 4.69) is 15.0 Å². The molecule has 0 bridgehead atoms. The molecule has 92 valence electrons. The van der Waals surface area contributed by atoms with Crippen molar-refractivity contribution >= 4 is 27.4 Å². The van der Waals surface area contributed by atoms with Gasteiger partial charge in [0, 0.05) is 6.54 Å². The summed E-state index contributed by atoms with van der Waals surface area (Å²) in [5.41, 5.74) is 0.365. The second-order valence-corrected chi connectivity index (χ2v) is 5.56. The quantitative estimate of drug-likeness (QED) is 0.766. The lowest BCUT2D eigenvalue weighted by atomic mass is 10.3. The zero-order valence-corrected chi connectivity index (χ0v) is 10.6. The van der Waals surface area contributed by atoms with Crippen LogP contribution in [0.1, 0.15) is 5.56 Å². The van der Waals surface area contributed by atoms with E-state index < -0.39 is 10.0 Å². The molecule has 1 rings (SSSR count). The third-order valence-corrected chi connectivity index (χ3v) is 3.47. The van der Waals surface area contributed by atoms with Crippen molar-refractivity contribution in [2.75, 3.05) is 24.7 Å². The first-order valence-electron chi connectivity index (χ1n) is 4.69. The molecule has 0 aliphatic heterocycles. The number of nitrogens with zero attached hydrogens (tertiary/aromatic N) is 2. The summed E-state index contributed by atoms with van der Waals surface area (Å²) >= 11 is 5.69. The van der Waals surface area contributed by atoms with Crippen molar-refractivity contribution in [1.29, 1.82) is 5.26 Å². The van der Waals surface area contributed by atoms with Gasteiger partial charge in [-0.25, -0.2) is 18.1 Å². The Balaban J connectivity index is 2.65. The molecule has 17 heavy (non-hydrogen) atoms. The molecule has 0 saturated heterocycles. The average molecular weight is 275 g/mol. The van der Waals surface area contributed by atoms with Crippen molar-refractivity contribution in [2.45, 2.75) is 0 Å². The number of pyridine rings is 1. The minimum absolute atomic E-state index is 0.0837. The van der Waals surface area contributed by atoms with Gasteiger partial charge in [-0.05, 0) is 19.2 Å². The summed E-state index contributed by atoms with van der Waals surface area (Å²) in [5, 5.41) is 11.7. The van der Waals surface area contributed by atoms with Crippen LogP contribution in [0.15, 0.2) is 12.1 Å². The van der Waals surface area contributed by atoms with Crippen molar-refractivity contribution in [1.82, 2.24) is 9.71 Å². The Morgan fingerprint density at radius 3 is 2.82 bits per heavy atom. The lowest BCUT2D eigenvalue weighted by Gasteiger charge is -2.06. The lowest BCUT2D eigenvalue weighted by Crippen LogP contribution is -2.26. The molecule has 0 saturated carbocycles. The van der Waals surface area contributed by atoms with Gasteiger partial charge in [-0.2, -0.15) is 5.26 Å². The van der Waals surface area contributed by atoms with Crippen molar-refractivity contribution in [3.05, 3.63) is 22.8 Å². The van der Waals surface area contributed by atoms with Gasteiger partial charge in [0.2, 0.25) is 10.0 Å². The van der Waals surface area contributed by atoms with E-state index in [4.69, 9.17) is 16.9 Å². The number of sulfonamides is 1. The number of hydrogen-bond donors (Lipinski definition) is 2. The maximum Gasteiger partial charge on any atom is 0.213 e. The maximum absolute atomic E-state index is 11.1. The second kappa shape index (κ2) is 5.82. The monoisotopic (exact) mass is 274 g/mol. The summed E-state index contributed by atoms with van der Waals surface area (Å²) in [4.78, 5) is 3.92. The van der Waals surface area contributed by atoms with Gasteiger partial charge in [-0.15, -0.1) is 0 Å². The van der Waals surface area contributed by atoms with Crippen LogP contribution in [0.3, 0.4) is 0 Å². The van der Waals surface area contributed by atoms with Gasteiger partial charge in [0.15, 0.2) is 0 Å². The first-order valence-corrected chi connectivity index (χ1v) is 6.72. The van der Waals surface area contributed by atoms with E-state index >= 15 is 0 Å². The molecule has 0 spiro atoms. The molecule has 0 unspecified atom stereocenters. The molecule has 6 nitrogen and oxygen atoms in total. The number of nitriles is 1. The van der Waals surface area contributed by atoms with Crippen LogP contribution in [-0.4, -0.2) is 32.7 Å². The van der Waals surface area contributed by atoms with Crippen LogP contribution >= 0.6 is 11.6 Å². The predicted octanol–water partition coefficient (Wildman–Crippen LogP) is 0.568. The van der Waals surface area contributed by atoms with Crippen molar-refractivity contribution < 1.29 is 8.42 Å². The molecule has 8 heteroatoms. The van der Waals surface area contributed by atoms with Crippen LogP contribution in [0.5, 0.6) is 0 Å². The first kappa shape index (κ1) is 13.7. The molecule has 1 aromatic heterocycles. The van der Waals surface area contributed by atoms with Crippen molar-refractivity contribution in [2.24, 2.45) is 0 Å². The van der Waals surface area contributed by atoms with Crippen molar-refractivity contribution in [3.8, 4) is 6.07 Å². The smallest absolute Gasteiger partial charge is 0.213 e. The van der Waals surface area contributed by atoms with E-state index in [1.807, 2.05) is 6.07 Å². The molecule has 0 aromatic carbocycles. The van der Waals surface area contributed by atoms with Crippen molar-refractivity contribution in [3.63, 3.8) is 0 Å². The third kappa shape index (κ3) is 4.56. The van der Waals surface area contributed by atoms with E-state index in [0.717, 1.165) is 0 Å². The Bertz CT molecular complexity index is 538. The summed E-state index contributed by atoms with van der Waals surface area (Å²) in [6.45, 7) is 0.182. The minimum Gasteiger partial charge on any atom is -0.369 e. The van der Waals surface area contributed by atoms with Gasteiger partial charge in [0.1, 0.15) is 11.0 Å². The summed E-state index contributed by atoms with van der Waals surface area (Å²) in [6.07, 6.45) is 0. The number of anilines is 1. The number of aromatic nitrogens is 1. The molecule has 0 amide bonds. The largest absolute Gasteiger partial charge is 0.369 e. The van der Waals surface area contributed by atoms with Crippen LogP contribution in [-0.2, 0) is 10.0 Å². The number of rotatable bonds is 5. The predicted molar refractivity (Wildman–Crippen MR) is 65.3 cm³/mol. The first-order chi connectivity index (χ1) is 7.96. The van der Waals surface area contributed by atoms with Gasteiger partial charge in [0.05, 0.1) is 17.4 Å². The highest BCUT2D eigenvalue weighted by atomic mass is 35.5. The molecule has 1 heterocycles. The molecular formula is C9H11ClN4O2S. The molecule has 0 aliphatic carbocycles. The Kier molecular flexibility index (Phi) is 4.69. The highest BCUT2D eigenvalue weighted by molar-refractivity contribution is 7.89. The Labute approximate surface area is 105 Å². The fourth-order valence-electron chi connectivity index (χ4n) is 1.07. The van der Waals surface area contributed by atoms with Gasteiger partial charge in [-0.3, -0.25) is 0 Å². The van der Waals surface area contributed by atoms with E-state index in [1.54, 1.807) is 0 Å². The number of halogens is 1. The Morgan fingerprint density at radius 1 is 1.53 bits per heavy atom. The van der Waals surface area contributed by atoms with Gasteiger partial charge >= 0.3 is 0 Å². The van der Waals surface area contributed by atoms with Crippen LogP contribution in [0.4, 0.5) is 5.82 Å². The fraction of sp³-hybridized carbons (Fsp3) is 0.333. The Morgan fingerprint density at radius 2 is 2.24 bits per heavy atom. The summed E-state index contributed by atoms with van der Waals surface area (Å²) in [6, 6.07) is 4.86. The zero-order chi connectivity index (χ0) is 12.9. The van der Waals surface area contributed by atoms with E-state index in [0.29, 0.717) is 11.4 Å². The summed E-state index contributed by atoms with van der Waals surface area (Å²) in [5.74, 6) is 0.292. The van der Waals surface area contributed by atoms with Crippen LogP contribution < -0.4 is 10.0 Å². The van der Waals surface area contributed by atoms with E-state index in [9.17, 15) is 8.42 Å².